The van der Waals surface area contributed by atoms with Crippen molar-refractivity contribution in [3.8, 4) is 5.75 Å². The highest BCUT2D eigenvalue weighted by Crippen LogP contribution is 2.21. The number of nitrogens with two attached hydrogens (primary N) is 1. The molecule has 7 heteroatoms. The van der Waals surface area contributed by atoms with Crippen molar-refractivity contribution < 1.29 is 4.74 Å². The third kappa shape index (κ3) is 4.32. The Labute approximate surface area is 162 Å². The molecule has 2 heterocycles. The minimum atomic E-state index is 0.401. The van der Waals surface area contributed by atoms with Gasteiger partial charge in [-0.25, -0.2) is 9.97 Å². The first-order valence-electron chi connectivity index (χ1n) is 8.99. The number of benzene rings is 2. The zero-order valence-electron chi connectivity index (χ0n) is 15.2. The second-order valence-electron chi connectivity index (χ2n) is 6.31. The summed E-state index contributed by atoms with van der Waals surface area (Å²) in [4.78, 5) is 16.8. The maximum absolute atomic E-state index is 5.89. The largest absolute Gasteiger partial charge is 0.487 e. The monoisotopic (exact) mass is 372 g/mol. The van der Waals surface area contributed by atoms with Crippen LogP contribution in [0.2, 0.25) is 0 Å². The van der Waals surface area contributed by atoms with Crippen LogP contribution in [-0.4, -0.2) is 26.5 Å². The predicted molar refractivity (Wildman–Crippen MR) is 109 cm³/mol. The fourth-order valence-corrected chi connectivity index (χ4v) is 2.85. The van der Waals surface area contributed by atoms with E-state index < -0.39 is 0 Å². The van der Waals surface area contributed by atoms with Crippen LogP contribution in [0.5, 0.6) is 5.75 Å². The van der Waals surface area contributed by atoms with E-state index in [1.54, 1.807) is 24.9 Å². The Morgan fingerprint density at radius 1 is 0.964 bits per heavy atom. The van der Waals surface area contributed by atoms with E-state index in [0.29, 0.717) is 12.3 Å². The molecule has 0 unspecified atom stereocenters. The Kier molecular flexibility index (Phi) is 5.24. The fraction of sp³-hybridized carbons (Fsp3) is 0.143. The van der Waals surface area contributed by atoms with Gasteiger partial charge in [-0.15, -0.1) is 0 Å². The van der Waals surface area contributed by atoms with Gasteiger partial charge in [-0.05, 0) is 42.3 Å². The van der Waals surface area contributed by atoms with E-state index in [0.717, 1.165) is 41.1 Å². The number of hydrogen-bond donors (Lipinski definition) is 2. The van der Waals surface area contributed by atoms with Crippen molar-refractivity contribution >= 4 is 22.4 Å². The Balaban J connectivity index is 1.32. The lowest BCUT2D eigenvalue weighted by Crippen LogP contribution is -2.07. The third-order valence-electron chi connectivity index (χ3n) is 4.29. The summed E-state index contributed by atoms with van der Waals surface area (Å²) < 4.78 is 5.73. The summed E-state index contributed by atoms with van der Waals surface area (Å²) >= 11 is 0. The number of nitrogen functional groups attached to an aromatic ring is 1. The molecule has 0 amide bonds. The molecule has 3 N–H and O–H groups in total. The summed E-state index contributed by atoms with van der Waals surface area (Å²) in [5.41, 5.74) is 9.46. The number of fused-ring (bicyclic) bond motifs is 1. The molecule has 0 bridgehead atoms. The van der Waals surface area contributed by atoms with Gasteiger partial charge in [-0.1, -0.05) is 12.1 Å². The van der Waals surface area contributed by atoms with Gasteiger partial charge in [0.1, 0.15) is 24.5 Å². The molecule has 0 aliphatic heterocycles. The molecule has 28 heavy (non-hydrogen) atoms. The average molecular weight is 372 g/mol. The Morgan fingerprint density at radius 2 is 1.86 bits per heavy atom. The molecule has 0 aliphatic rings. The molecule has 2 aromatic carbocycles. The predicted octanol–water partition coefficient (Wildman–Crippen LogP) is 3.24. The standard InChI is InChI=1S/C21H20N6O/c22-16-3-6-20-19(11-16)21(27-14-26-20)25-8-7-15-1-4-18(5-2-15)28-13-17-12-23-9-10-24-17/h1-6,9-12,14H,7-8,13,22H2,(H,25,26,27). The lowest BCUT2D eigenvalue weighted by molar-refractivity contribution is 0.300. The van der Waals surface area contributed by atoms with Gasteiger partial charge in [-0.2, -0.15) is 0 Å². The smallest absolute Gasteiger partial charge is 0.137 e. The van der Waals surface area contributed by atoms with Crippen LogP contribution in [0.25, 0.3) is 10.9 Å². The van der Waals surface area contributed by atoms with Crippen molar-refractivity contribution in [3.05, 3.63) is 78.6 Å². The molecule has 4 rings (SSSR count). The molecule has 0 saturated heterocycles. The van der Waals surface area contributed by atoms with E-state index in [1.807, 2.05) is 30.3 Å². The molecule has 0 radical (unpaired) electrons. The Morgan fingerprint density at radius 3 is 2.68 bits per heavy atom. The molecule has 0 fully saturated rings. The first-order valence-corrected chi connectivity index (χ1v) is 8.99. The molecule has 2 aromatic heterocycles. The highest BCUT2D eigenvalue weighted by Gasteiger charge is 2.04. The van der Waals surface area contributed by atoms with Gasteiger partial charge >= 0.3 is 0 Å². The number of anilines is 2. The van der Waals surface area contributed by atoms with E-state index in [-0.39, 0.29) is 0 Å². The average Bonchev–Trinajstić information content (AvgIpc) is 2.74. The molecule has 140 valence electrons. The van der Waals surface area contributed by atoms with Crippen LogP contribution in [0.15, 0.2) is 67.4 Å². The van der Waals surface area contributed by atoms with Crippen LogP contribution >= 0.6 is 0 Å². The van der Waals surface area contributed by atoms with Crippen LogP contribution in [0, 0.1) is 0 Å². The van der Waals surface area contributed by atoms with Crippen LogP contribution < -0.4 is 15.8 Å². The van der Waals surface area contributed by atoms with E-state index in [9.17, 15) is 0 Å². The minimum Gasteiger partial charge on any atom is -0.487 e. The summed E-state index contributed by atoms with van der Waals surface area (Å²) in [7, 11) is 0. The lowest BCUT2D eigenvalue weighted by Gasteiger charge is -2.10. The molecule has 0 spiro atoms. The van der Waals surface area contributed by atoms with Gasteiger partial charge in [0.05, 0.1) is 17.4 Å². The molecule has 0 saturated carbocycles. The van der Waals surface area contributed by atoms with E-state index in [4.69, 9.17) is 10.5 Å². The first kappa shape index (κ1) is 17.7. The van der Waals surface area contributed by atoms with Crippen molar-refractivity contribution in [1.82, 2.24) is 19.9 Å². The highest BCUT2D eigenvalue weighted by atomic mass is 16.5. The number of hydrogen-bond acceptors (Lipinski definition) is 7. The van der Waals surface area contributed by atoms with Gasteiger partial charge in [0.25, 0.3) is 0 Å². The summed E-state index contributed by atoms with van der Waals surface area (Å²) in [6, 6.07) is 13.7. The maximum Gasteiger partial charge on any atom is 0.137 e. The summed E-state index contributed by atoms with van der Waals surface area (Å²) in [6.07, 6.45) is 7.42. The molecule has 4 aromatic rings. The molecule has 0 aliphatic carbocycles. The molecular formula is C21H20N6O. The number of nitrogens with zero attached hydrogens (tertiary/aromatic N) is 4. The maximum atomic E-state index is 5.89. The zero-order chi connectivity index (χ0) is 19.2. The number of ether oxygens (including phenoxy) is 1. The van der Waals surface area contributed by atoms with Gasteiger partial charge in [-0.3, -0.25) is 9.97 Å². The van der Waals surface area contributed by atoms with E-state index >= 15 is 0 Å². The first-order chi connectivity index (χ1) is 13.8. The second-order valence-corrected chi connectivity index (χ2v) is 6.31. The summed E-state index contributed by atoms with van der Waals surface area (Å²) in [5.74, 6) is 1.60. The van der Waals surface area contributed by atoms with Crippen molar-refractivity contribution in [2.24, 2.45) is 0 Å². The van der Waals surface area contributed by atoms with Crippen molar-refractivity contribution in [2.45, 2.75) is 13.0 Å². The second kappa shape index (κ2) is 8.30. The van der Waals surface area contributed by atoms with Gasteiger partial charge in [0, 0.05) is 30.0 Å². The zero-order valence-corrected chi connectivity index (χ0v) is 15.2. The van der Waals surface area contributed by atoms with Gasteiger partial charge in [0.2, 0.25) is 0 Å². The topological polar surface area (TPSA) is 98.8 Å². The number of aromatic nitrogens is 4. The van der Waals surface area contributed by atoms with Crippen LogP contribution in [-0.2, 0) is 13.0 Å². The Hall–Kier alpha value is -3.74. The van der Waals surface area contributed by atoms with Crippen LogP contribution in [0.1, 0.15) is 11.3 Å². The number of nitrogens with one attached hydrogen (secondary N) is 1. The fourth-order valence-electron chi connectivity index (χ4n) is 2.85. The van der Waals surface area contributed by atoms with Crippen LogP contribution in [0.4, 0.5) is 11.5 Å². The Bertz CT molecular complexity index is 1050. The minimum absolute atomic E-state index is 0.401. The third-order valence-corrected chi connectivity index (χ3v) is 4.29. The van der Waals surface area contributed by atoms with Crippen molar-refractivity contribution in [3.63, 3.8) is 0 Å². The van der Waals surface area contributed by atoms with Crippen LogP contribution in [0.3, 0.4) is 0 Å². The lowest BCUT2D eigenvalue weighted by atomic mass is 10.1. The normalized spacial score (nSPS) is 10.7. The number of rotatable bonds is 7. The van der Waals surface area contributed by atoms with E-state index in [2.05, 4.69) is 37.4 Å². The molecule has 7 nitrogen and oxygen atoms in total. The van der Waals surface area contributed by atoms with E-state index in [1.165, 1.54) is 5.56 Å². The van der Waals surface area contributed by atoms with Crippen molar-refractivity contribution in [1.29, 1.82) is 0 Å². The summed E-state index contributed by atoms with van der Waals surface area (Å²) in [6.45, 7) is 1.15. The molecule has 0 atom stereocenters. The van der Waals surface area contributed by atoms with Gasteiger partial charge in [0.15, 0.2) is 0 Å². The summed E-state index contributed by atoms with van der Waals surface area (Å²) in [5, 5.41) is 4.30. The quantitative estimate of drug-likeness (QED) is 0.481. The highest BCUT2D eigenvalue weighted by molar-refractivity contribution is 5.91. The SMILES string of the molecule is Nc1ccc2ncnc(NCCc3ccc(OCc4cnccn4)cc3)c2c1. The molecular weight excluding hydrogens is 352 g/mol. The van der Waals surface area contributed by atoms with Crippen molar-refractivity contribution in [2.75, 3.05) is 17.6 Å². The van der Waals surface area contributed by atoms with Gasteiger partial charge < -0.3 is 15.8 Å².